The number of aliphatic carboxylic acids is 1. The van der Waals surface area contributed by atoms with Gasteiger partial charge in [-0.2, -0.15) is 0 Å². The summed E-state index contributed by atoms with van der Waals surface area (Å²) in [5.74, 6) is -1.20. The molecule has 0 aliphatic heterocycles. The number of carbonyl (C=O) groups excluding carboxylic acids is 1. The Morgan fingerprint density at radius 1 is 1.50 bits per heavy atom. The van der Waals surface area contributed by atoms with Crippen molar-refractivity contribution in [3.8, 4) is 0 Å². The summed E-state index contributed by atoms with van der Waals surface area (Å²) in [6.07, 6.45) is 2.56. The third kappa shape index (κ3) is 13.0. The topological polar surface area (TPSA) is 63.6 Å². The smallest absolute Gasteiger partial charge is 0.333 e. The fourth-order valence-electron chi connectivity index (χ4n) is 0.397. The molecule has 0 aliphatic carbocycles. The summed E-state index contributed by atoms with van der Waals surface area (Å²) >= 11 is 0. The lowest BCUT2D eigenvalue weighted by Crippen LogP contribution is -2.03. The molecule has 4 nitrogen and oxygen atoms in total. The van der Waals surface area contributed by atoms with Gasteiger partial charge in [0, 0.05) is 11.6 Å². The number of rotatable bonds is 3. The molecule has 0 saturated heterocycles. The first kappa shape index (κ1) is 14.9. The molecule has 0 fully saturated rings. The summed E-state index contributed by atoms with van der Waals surface area (Å²) in [6.45, 7) is 8.87. The van der Waals surface area contributed by atoms with Crippen LogP contribution >= 0.6 is 0 Å². The highest BCUT2D eigenvalue weighted by atomic mass is 16.5. The number of carboxylic acids is 1. The molecule has 4 heteroatoms. The molecule has 0 spiro atoms. The Bertz CT molecular complexity index is 228. The standard InChI is InChI=1S/C6H10O2.C4H6O2/c1-4-8-6(7)5(2)3;1-2-3-4(5)6/h2,4H2,1,3H3;2-3H,1H3,(H,5,6). The molecule has 0 amide bonds. The number of allylic oxidation sites excluding steroid dienone is 1. The molecule has 0 heterocycles. The Kier molecular flexibility index (Phi) is 10.1. The van der Waals surface area contributed by atoms with E-state index in [2.05, 4.69) is 11.3 Å². The van der Waals surface area contributed by atoms with Crippen LogP contribution in [0.4, 0.5) is 0 Å². The Morgan fingerprint density at radius 3 is 2.07 bits per heavy atom. The first-order chi connectivity index (χ1) is 6.45. The van der Waals surface area contributed by atoms with Gasteiger partial charge in [0.2, 0.25) is 0 Å². The van der Waals surface area contributed by atoms with Gasteiger partial charge < -0.3 is 9.84 Å². The second kappa shape index (κ2) is 9.51. The van der Waals surface area contributed by atoms with Crippen LogP contribution in [0.15, 0.2) is 24.3 Å². The second-order valence-corrected chi connectivity index (χ2v) is 2.34. The van der Waals surface area contributed by atoms with Gasteiger partial charge in [-0.15, -0.1) is 0 Å². The van der Waals surface area contributed by atoms with Gasteiger partial charge in [-0.25, -0.2) is 9.59 Å². The highest BCUT2D eigenvalue weighted by Gasteiger charge is 1.98. The largest absolute Gasteiger partial charge is 0.478 e. The van der Waals surface area contributed by atoms with E-state index in [1.807, 2.05) is 0 Å². The SMILES string of the molecule is C=C(C)C(=O)OCC.CC=CC(=O)O. The van der Waals surface area contributed by atoms with Crippen molar-refractivity contribution in [3.05, 3.63) is 24.3 Å². The Hall–Kier alpha value is -1.58. The molecule has 0 bridgehead atoms. The molecule has 0 atom stereocenters. The molecule has 0 unspecified atom stereocenters. The predicted molar refractivity (Wildman–Crippen MR) is 53.9 cm³/mol. The zero-order valence-corrected chi connectivity index (χ0v) is 8.74. The minimum atomic E-state index is -0.891. The van der Waals surface area contributed by atoms with Crippen LogP contribution < -0.4 is 0 Å². The Balaban J connectivity index is 0. The third-order valence-electron chi connectivity index (χ3n) is 0.933. The molecule has 0 saturated carbocycles. The minimum absolute atomic E-state index is 0.312. The Morgan fingerprint density at radius 2 is 2.00 bits per heavy atom. The predicted octanol–water partition coefficient (Wildman–Crippen LogP) is 1.77. The van der Waals surface area contributed by atoms with E-state index in [4.69, 9.17) is 5.11 Å². The Labute approximate surface area is 83.9 Å². The average Bonchev–Trinajstić information content (AvgIpc) is 2.05. The van der Waals surface area contributed by atoms with E-state index in [0.717, 1.165) is 6.08 Å². The van der Waals surface area contributed by atoms with Gasteiger partial charge in [0.05, 0.1) is 6.61 Å². The average molecular weight is 200 g/mol. The first-order valence-electron chi connectivity index (χ1n) is 4.13. The van der Waals surface area contributed by atoms with E-state index in [-0.39, 0.29) is 5.97 Å². The van der Waals surface area contributed by atoms with Crippen molar-refractivity contribution in [2.24, 2.45) is 0 Å². The van der Waals surface area contributed by atoms with Crippen LogP contribution in [0, 0.1) is 0 Å². The van der Waals surface area contributed by atoms with Crippen molar-refractivity contribution in [2.45, 2.75) is 20.8 Å². The summed E-state index contributed by atoms with van der Waals surface area (Å²) in [6, 6.07) is 0. The summed E-state index contributed by atoms with van der Waals surface area (Å²) in [7, 11) is 0. The summed E-state index contributed by atoms with van der Waals surface area (Å²) in [4.78, 5) is 19.9. The van der Waals surface area contributed by atoms with Crippen LogP contribution in [0.25, 0.3) is 0 Å². The highest BCUT2D eigenvalue weighted by Crippen LogP contribution is 1.89. The lowest BCUT2D eigenvalue weighted by molar-refractivity contribution is -0.138. The maximum atomic E-state index is 10.4. The molecular weight excluding hydrogens is 184 g/mol. The van der Waals surface area contributed by atoms with E-state index in [1.54, 1.807) is 20.8 Å². The number of carbonyl (C=O) groups is 2. The van der Waals surface area contributed by atoms with Crippen molar-refractivity contribution in [2.75, 3.05) is 6.61 Å². The number of hydrogen-bond donors (Lipinski definition) is 1. The number of carboxylic acid groups (broad SMARTS) is 1. The third-order valence-corrected chi connectivity index (χ3v) is 0.933. The van der Waals surface area contributed by atoms with Crippen LogP contribution in [0.3, 0.4) is 0 Å². The lowest BCUT2D eigenvalue weighted by atomic mass is 10.4. The minimum Gasteiger partial charge on any atom is -0.478 e. The number of hydrogen-bond acceptors (Lipinski definition) is 3. The molecule has 14 heavy (non-hydrogen) atoms. The fourth-order valence-corrected chi connectivity index (χ4v) is 0.397. The maximum Gasteiger partial charge on any atom is 0.333 e. The van der Waals surface area contributed by atoms with Crippen molar-refractivity contribution in [1.29, 1.82) is 0 Å². The van der Waals surface area contributed by atoms with E-state index in [9.17, 15) is 9.59 Å². The number of esters is 1. The van der Waals surface area contributed by atoms with Gasteiger partial charge in [-0.05, 0) is 20.8 Å². The summed E-state index contributed by atoms with van der Waals surface area (Å²) in [5, 5.41) is 7.83. The van der Waals surface area contributed by atoms with Crippen molar-refractivity contribution >= 4 is 11.9 Å². The van der Waals surface area contributed by atoms with E-state index < -0.39 is 5.97 Å². The molecule has 0 aliphatic rings. The van der Waals surface area contributed by atoms with Gasteiger partial charge in [0.1, 0.15) is 0 Å². The summed E-state index contributed by atoms with van der Waals surface area (Å²) in [5.41, 5.74) is 0.451. The molecule has 0 aromatic heterocycles. The number of ether oxygens (including phenoxy) is 1. The fraction of sp³-hybridized carbons (Fsp3) is 0.400. The van der Waals surface area contributed by atoms with E-state index >= 15 is 0 Å². The molecule has 0 radical (unpaired) electrons. The quantitative estimate of drug-likeness (QED) is 0.557. The van der Waals surface area contributed by atoms with Crippen molar-refractivity contribution in [1.82, 2.24) is 0 Å². The molecular formula is C10H16O4. The van der Waals surface area contributed by atoms with Crippen molar-refractivity contribution < 1.29 is 19.4 Å². The van der Waals surface area contributed by atoms with Crippen LogP contribution in [-0.2, 0) is 14.3 Å². The van der Waals surface area contributed by atoms with Gasteiger partial charge >= 0.3 is 11.9 Å². The van der Waals surface area contributed by atoms with Gasteiger partial charge in [0.15, 0.2) is 0 Å². The van der Waals surface area contributed by atoms with Crippen LogP contribution in [0.1, 0.15) is 20.8 Å². The van der Waals surface area contributed by atoms with Crippen molar-refractivity contribution in [3.63, 3.8) is 0 Å². The molecule has 1 N–H and O–H groups in total. The zero-order chi connectivity index (χ0) is 11.6. The van der Waals surface area contributed by atoms with Crippen LogP contribution in [0.2, 0.25) is 0 Å². The van der Waals surface area contributed by atoms with E-state index in [1.165, 1.54) is 6.08 Å². The molecule has 80 valence electrons. The first-order valence-corrected chi connectivity index (χ1v) is 4.13. The monoisotopic (exact) mass is 200 g/mol. The van der Waals surface area contributed by atoms with Gasteiger partial charge in [-0.1, -0.05) is 12.7 Å². The summed E-state index contributed by atoms with van der Waals surface area (Å²) < 4.78 is 4.56. The van der Waals surface area contributed by atoms with Crippen LogP contribution in [-0.4, -0.2) is 23.7 Å². The maximum absolute atomic E-state index is 10.4. The zero-order valence-electron chi connectivity index (χ0n) is 8.74. The van der Waals surface area contributed by atoms with Gasteiger partial charge in [-0.3, -0.25) is 0 Å². The normalized spacial score (nSPS) is 8.79. The molecule has 0 aromatic carbocycles. The van der Waals surface area contributed by atoms with E-state index in [0.29, 0.717) is 12.2 Å². The van der Waals surface area contributed by atoms with Gasteiger partial charge in [0.25, 0.3) is 0 Å². The molecule has 0 aromatic rings. The second-order valence-electron chi connectivity index (χ2n) is 2.34. The lowest BCUT2D eigenvalue weighted by Gasteiger charge is -1.96. The van der Waals surface area contributed by atoms with Crippen LogP contribution in [0.5, 0.6) is 0 Å². The highest BCUT2D eigenvalue weighted by molar-refractivity contribution is 5.86. The molecule has 0 rings (SSSR count).